The predicted octanol–water partition coefficient (Wildman–Crippen LogP) is 0.518. The van der Waals surface area contributed by atoms with Gasteiger partial charge in [-0.1, -0.05) is 0 Å². The second-order valence-electron chi connectivity index (χ2n) is 2.99. The summed E-state index contributed by atoms with van der Waals surface area (Å²) in [6, 6.07) is 1.58. The van der Waals surface area contributed by atoms with E-state index in [0.29, 0.717) is 22.5 Å². The summed E-state index contributed by atoms with van der Waals surface area (Å²) in [5, 5.41) is 8.88. The molecule has 0 radical (unpaired) electrons. The molecule has 0 bridgehead atoms. The molecule has 5 N–H and O–H groups in total. The molecule has 0 saturated carbocycles. The molecule has 0 heterocycles. The van der Waals surface area contributed by atoms with Crippen molar-refractivity contribution in [2.45, 2.75) is 13.8 Å². The second-order valence-corrected chi connectivity index (χ2v) is 2.99. The van der Waals surface area contributed by atoms with Gasteiger partial charge in [0.05, 0.1) is 5.56 Å². The van der Waals surface area contributed by atoms with Crippen LogP contribution in [0.2, 0.25) is 0 Å². The molecule has 0 aliphatic heterocycles. The summed E-state index contributed by atoms with van der Waals surface area (Å²) in [5.41, 5.74) is 13.3. The average molecular weight is 220 g/mol. The molecule has 0 fully saturated rings. The minimum absolute atomic E-state index is 0. The summed E-state index contributed by atoms with van der Waals surface area (Å²) in [4.78, 5) is 10.8. The summed E-state index contributed by atoms with van der Waals surface area (Å²) in [6.07, 6.45) is 0. The van der Waals surface area contributed by atoms with Crippen molar-refractivity contribution in [1.29, 1.82) is 0 Å². The van der Waals surface area contributed by atoms with Crippen LogP contribution in [-0.2, 0) is 0 Å². The molecular formula is C9H13KN2O2. The summed E-state index contributed by atoms with van der Waals surface area (Å²) >= 11 is 0. The minimum atomic E-state index is -0.992. The van der Waals surface area contributed by atoms with Crippen LogP contribution in [0.4, 0.5) is 11.4 Å². The molecule has 5 heteroatoms. The van der Waals surface area contributed by atoms with Gasteiger partial charge in [0.15, 0.2) is 0 Å². The van der Waals surface area contributed by atoms with Crippen LogP contribution in [0.3, 0.4) is 0 Å². The van der Waals surface area contributed by atoms with Gasteiger partial charge in [-0.15, -0.1) is 0 Å². The van der Waals surface area contributed by atoms with E-state index < -0.39 is 5.97 Å². The van der Waals surface area contributed by atoms with Crippen molar-refractivity contribution >= 4 is 68.7 Å². The Morgan fingerprint density at radius 1 is 1.21 bits per heavy atom. The first-order valence-electron chi connectivity index (χ1n) is 3.83. The Kier molecular flexibility index (Phi) is 5.11. The third kappa shape index (κ3) is 2.49. The van der Waals surface area contributed by atoms with Crippen molar-refractivity contribution in [2.24, 2.45) is 0 Å². The van der Waals surface area contributed by atoms with Crippen molar-refractivity contribution in [3.05, 3.63) is 22.8 Å². The number of carboxylic acid groups (broad SMARTS) is 1. The van der Waals surface area contributed by atoms with Gasteiger partial charge in [-0.05, 0) is 31.0 Å². The van der Waals surface area contributed by atoms with Crippen molar-refractivity contribution in [1.82, 2.24) is 0 Å². The molecule has 14 heavy (non-hydrogen) atoms. The summed E-state index contributed by atoms with van der Waals surface area (Å²) in [5.74, 6) is -0.992. The molecule has 0 saturated heterocycles. The number of nitrogen functional groups attached to an aromatic ring is 2. The molecular weight excluding hydrogens is 207 g/mol. The number of rotatable bonds is 1. The molecule has 1 rings (SSSR count). The van der Waals surface area contributed by atoms with Gasteiger partial charge in [0, 0.05) is 11.4 Å². The fraction of sp³-hybridized carbons (Fsp3) is 0.222. The van der Waals surface area contributed by atoms with Gasteiger partial charge in [-0.3, -0.25) is 0 Å². The van der Waals surface area contributed by atoms with Gasteiger partial charge in [0.2, 0.25) is 0 Å². The number of carbonyl (C=O) groups is 1. The Bertz CT molecular complexity index is 351. The van der Waals surface area contributed by atoms with E-state index in [0.717, 1.165) is 0 Å². The first-order valence-corrected chi connectivity index (χ1v) is 3.83. The van der Waals surface area contributed by atoms with Crippen LogP contribution in [0.5, 0.6) is 0 Å². The molecule has 0 atom stereocenters. The Labute approximate surface area is 125 Å². The zero-order chi connectivity index (χ0) is 10.2. The van der Waals surface area contributed by atoms with E-state index in [-0.39, 0.29) is 56.9 Å². The Morgan fingerprint density at radius 2 is 1.57 bits per heavy atom. The van der Waals surface area contributed by atoms with Gasteiger partial charge in [0.1, 0.15) is 0 Å². The standard InChI is InChI=1S/C9H12N2O2.K.H/c1-4-6(10)3-7(11)5(2)8(4)9(12)13;;/h3H,10-11H2,1-2H3,(H,12,13);;. The molecule has 1 aromatic rings. The molecule has 0 amide bonds. The van der Waals surface area contributed by atoms with E-state index in [1.165, 1.54) is 0 Å². The first-order chi connectivity index (χ1) is 5.95. The molecule has 4 nitrogen and oxygen atoms in total. The van der Waals surface area contributed by atoms with Crippen molar-refractivity contribution in [2.75, 3.05) is 11.5 Å². The number of hydrogen-bond donors (Lipinski definition) is 3. The van der Waals surface area contributed by atoms with Crippen molar-refractivity contribution in [3.63, 3.8) is 0 Å². The second kappa shape index (κ2) is 5.13. The Balaban J connectivity index is 0.00000169. The van der Waals surface area contributed by atoms with E-state index in [4.69, 9.17) is 16.6 Å². The molecule has 1 aromatic carbocycles. The molecule has 0 spiro atoms. The molecule has 0 aliphatic carbocycles. The van der Waals surface area contributed by atoms with Crippen LogP contribution in [0.15, 0.2) is 6.07 Å². The summed E-state index contributed by atoms with van der Waals surface area (Å²) in [6.45, 7) is 3.34. The summed E-state index contributed by atoms with van der Waals surface area (Å²) in [7, 11) is 0. The molecule has 0 aromatic heterocycles. The normalized spacial score (nSPS) is 9.29. The Hall–Kier alpha value is -0.0736. The number of anilines is 2. The van der Waals surface area contributed by atoms with Gasteiger partial charge in [-0.25, -0.2) is 4.79 Å². The predicted molar refractivity (Wildman–Crippen MR) is 58.8 cm³/mol. The fourth-order valence-electron chi connectivity index (χ4n) is 1.27. The summed E-state index contributed by atoms with van der Waals surface area (Å²) < 4.78 is 0. The quantitative estimate of drug-likeness (QED) is 0.475. The van der Waals surface area contributed by atoms with Crippen molar-refractivity contribution < 1.29 is 9.90 Å². The van der Waals surface area contributed by atoms with Crippen molar-refractivity contribution in [3.8, 4) is 0 Å². The van der Waals surface area contributed by atoms with Crippen LogP contribution in [0.25, 0.3) is 0 Å². The van der Waals surface area contributed by atoms with E-state index in [2.05, 4.69) is 0 Å². The molecule has 72 valence electrons. The average Bonchev–Trinajstić information content (AvgIpc) is 2.01. The Morgan fingerprint density at radius 3 is 1.86 bits per heavy atom. The monoisotopic (exact) mass is 220 g/mol. The van der Waals surface area contributed by atoms with Gasteiger partial charge in [0.25, 0.3) is 0 Å². The number of hydrogen-bond acceptors (Lipinski definition) is 3. The fourth-order valence-corrected chi connectivity index (χ4v) is 1.27. The zero-order valence-electron chi connectivity index (χ0n) is 7.59. The van der Waals surface area contributed by atoms with Crippen LogP contribution in [0.1, 0.15) is 21.5 Å². The maximum absolute atomic E-state index is 10.8. The third-order valence-corrected chi connectivity index (χ3v) is 2.14. The van der Waals surface area contributed by atoms with E-state index in [1.54, 1.807) is 19.9 Å². The van der Waals surface area contributed by atoms with Crippen LogP contribution in [-0.4, -0.2) is 62.5 Å². The SMILES string of the molecule is Cc1c(N)cc(N)c(C)c1C(=O)O.[KH]. The van der Waals surface area contributed by atoms with E-state index >= 15 is 0 Å². The zero-order valence-corrected chi connectivity index (χ0v) is 7.59. The third-order valence-electron chi connectivity index (χ3n) is 2.14. The molecule has 0 unspecified atom stereocenters. The van der Waals surface area contributed by atoms with Crippen LogP contribution in [0, 0.1) is 13.8 Å². The van der Waals surface area contributed by atoms with Gasteiger partial charge in [-0.2, -0.15) is 0 Å². The number of aromatic carboxylic acids is 1. The van der Waals surface area contributed by atoms with Gasteiger partial charge < -0.3 is 16.6 Å². The van der Waals surface area contributed by atoms with E-state index in [1.807, 2.05) is 0 Å². The van der Waals surface area contributed by atoms with Gasteiger partial charge >= 0.3 is 57.4 Å². The van der Waals surface area contributed by atoms with Crippen LogP contribution >= 0.6 is 0 Å². The van der Waals surface area contributed by atoms with Crippen LogP contribution < -0.4 is 11.5 Å². The number of benzene rings is 1. The number of carboxylic acids is 1. The number of nitrogens with two attached hydrogens (primary N) is 2. The van der Waals surface area contributed by atoms with E-state index in [9.17, 15) is 4.79 Å². The topological polar surface area (TPSA) is 89.3 Å². The molecule has 0 aliphatic rings. The first kappa shape index (κ1) is 13.9. The maximum atomic E-state index is 10.8.